The number of methoxy groups -OCH3 is 1. The summed E-state index contributed by atoms with van der Waals surface area (Å²) in [7, 11) is 1.38. The van der Waals surface area contributed by atoms with Gasteiger partial charge >= 0.3 is 5.97 Å². The molecule has 0 radical (unpaired) electrons. The van der Waals surface area contributed by atoms with E-state index >= 15 is 0 Å². The van der Waals surface area contributed by atoms with Crippen LogP contribution in [0.15, 0.2) is 12.3 Å². The molecule has 0 saturated carbocycles. The fraction of sp³-hybridized carbons (Fsp3) is 0.583. The molecule has 1 aromatic heterocycles. The average molecular weight is 274 g/mol. The molecule has 6 heteroatoms. The molecule has 3 N–H and O–H groups in total. The van der Waals surface area contributed by atoms with Crippen molar-refractivity contribution in [3.05, 3.63) is 23.5 Å². The zero-order valence-corrected chi connectivity index (χ0v) is 11.5. The number of hydrogen-bond donors (Lipinski definition) is 2. The topological polar surface area (TPSA) is 71.3 Å². The second-order valence-electron chi connectivity index (χ2n) is 4.75. The SMILES string of the molecule is COC(=O)c1cc(CN2CC(C)C(N)C2)c[nH]1.Cl. The van der Waals surface area contributed by atoms with Crippen molar-refractivity contribution >= 4 is 18.4 Å². The predicted molar refractivity (Wildman–Crippen MR) is 71.8 cm³/mol. The van der Waals surface area contributed by atoms with Gasteiger partial charge in [-0.25, -0.2) is 4.79 Å². The van der Waals surface area contributed by atoms with Gasteiger partial charge in [-0.1, -0.05) is 6.92 Å². The van der Waals surface area contributed by atoms with Crippen molar-refractivity contribution < 1.29 is 9.53 Å². The molecular formula is C12H20ClN3O2. The Bertz CT molecular complexity index is 398. The number of esters is 1. The Hall–Kier alpha value is -1.04. The van der Waals surface area contributed by atoms with Gasteiger partial charge in [0.15, 0.2) is 0 Å². The van der Waals surface area contributed by atoms with E-state index in [1.165, 1.54) is 7.11 Å². The van der Waals surface area contributed by atoms with Gasteiger partial charge in [-0.15, -0.1) is 12.4 Å². The molecule has 0 aromatic carbocycles. The van der Waals surface area contributed by atoms with E-state index in [-0.39, 0.29) is 24.4 Å². The first-order valence-corrected chi connectivity index (χ1v) is 5.83. The number of nitrogens with two attached hydrogens (primary N) is 1. The summed E-state index contributed by atoms with van der Waals surface area (Å²) in [4.78, 5) is 16.5. The highest BCUT2D eigenvalue weighted by molar-refractivity contribution is 5.87. The van der Waals surface area contributed by atoms with E-state index in [9.17, 15) is 4.79 Å². The maximum Gasteiger partial charge on any atom is 0.354 e. The van der Waals surface area contributed by atoms with Crippen LogP contribution in [-0.2, 0) is 11.3 Å². The third-order valence-electron chi connectivity index (χ3n) is 3.30. The van der Waals surface area contributed by atoms with Crippen LogP contribution in [0.1, 0.15) is 23.0 Å². The van der Waals surface area contributed by atoms with Gasteiger partial charge in [-0.2, -0.15) is 0 Å². The van der Waals surface area contributed by atoms with Crippen LogP contribution in [0.2, 0.25) is 0 Å². The van der Waals surface area contributed by atoms with E-state index in [4.69, 9.17) is 5.73 Å². The molecule has 0 amide bonds. The van der Waals surface area contributed by atoms with Crippen molar-refractivity contribution in [2.45, 2.75) is 19.5 Å². The monoisotopic (exact) mass is 273 g/mol. The molecule has 102 valence electrons. The van der Waals surface area contributed by atoms with Crippen molar-refractivity contribution in [1.82, 2.24) is 9.88 Å². The number of rotatable bonds is 3. The molecule has 2 unspecified atom stereocenters. The minimum atomic E-state index is -0.331. The first-order valence-electron chi connectivity index (χ1n) is 5.83. The van der Waals surface area contributed by atoms with Gasteiger partial charge in [-0.05, 0) is 17.5 Å². The number of aromatic nitrogens is 1. The fourth-order valence-corrected chi connectivity index (χ4v) is 2.24. The highest BCUT2D eigenvalue weighted by atomic mass is 35.5. The number of aromatic amines is 1. The molecule has 18 heavy (non-hydrogen) atoms. The Labute approximate surface area is 113 Å². The number of hydrogen-bond acceptors (Lipinski definition) is 4. The molecule has 1 aliphatic rings. The number of nitrogens with zero attached hydrogens (tertiary/aromatic N) is 1. The van der Waals surface area contributed by atoms with E-state index in [0.717, 1.165) is 25.2 Å². The summed E-state index contributed by atoms with van der Waals surface area (Å²) in [5.41, 5.74) is 7.56. The average Bonchev–Trinajstić information content (AvgIpc) is 2.87. The molecule has 0 aliphatic carbocycles. The number of carbonyl (C=O) groups excluding carboxylic acids is 1. The molecule has 1 saturated heterocycles. The van der Waals surface area contributed by atoms with E-state index in [2.05, 4.69) is 21.5 Å². The first-order chi connectivity index (χ1) is 8.10. The minimum absolute atomic E-state index is 0. The third kappa shape index (κ3) is 3.25. The number of halogens is 1. The Morgan fingerprint density at radius 1 is 1.61 bits per heavy atom. The molecule has 1 aliphatic heterocycles. The van der Waals surface area contributed by atoms with Gasteiger partial charge in [-0.3, -0.25) is 4.90 Å². The lowest BCUT2D eigenvalue weighted by molar-refractivity contribution is 0.0595. The van der Waals surface area contributed by atoms with Crippen molar-refractivity contribution in [3.63, 3.8) is 0 Å². The second-order valence-corrected chi connectivity index (χ2v) is 4.75. The lowest BCUT2D eigenvalue weighted by atomic mass is 10.1. The van der Waals surface area contributed by atoms with Crippen molar-refractivity contribution in [3.8, 4) is 0 Å². The molecule has 2 heterocycles. The molecule has 1 fully saturated rings. The van der Waals surface area contributed by atoms with Crippen LogP contribution in [0, 0.1) is 5.92 Å². The molecule has 2 atom stereocenters. The third-order valence-corrected chi connectivity index (χ3v) is 3.30. The summed E-state index contributed by atoms with van der Waals surface area (Å²) in [5.74, 6) is 0.205. The summed E-state index contributed by atoms with van der Waals surface area (Å²) >= 11 is 0. The van der Waals surface area contributed by atoms with Crippen molar-refractivity contribution in [2.24, 2.45) is 11.7 Å². The van der Waals surface area contributed by atoms with Crippen LogP contribution < -0.4 is 5.73 Å². The van der Waals surface area contributed by atoms with Crippen molar-refractivity contribution in [2.75, 3.05) is 20.2 Å². The molecule has 0 bridgehead atoms. The molecule has 1 aromatic rings. The maximum absolute atomic E-state index is 11.3. The van der Waals surface area contributed by atoms with Crippen LogP contribution >= 0.6 is 12.4 Å². The number of likely N-dealkylation sites (tertiary alicyclic amines) is 1. The minimum Gasteiger partial charge on any atom is -0.464 e. The Kier molecular flexibility index (Phi) is 5.19. The molecule has 5 nitrogen and oxygen atoms in total. The number of ether oxygens (including phenoxy) is 1. The van der Waals surface area contributed by atoms with E-state index in [1.807, 2.05) is 12.3 Å². The number of carbonyl (C=O) groups is 1. The van der Waals surface area contributed by atoms with E-state index in [1.54, 1.807) is 0 Å². The summed E-state index contributed by atoms with van der Waals surface area (Å²) in [5, 5.41) is 0. The maximum atomic E-state index is 11.3. The lowest BCUT2D eigenvalue weighted by Gasteiger charge is -2.13. The smallest absolute Gasteiger partial charge is 0.354 e. The van der Waals surface area contributed by atoms with Gasteiger partial charge < -0.3 is 15.5 Å². The molecule has 2 rings (SSSR count). The highest BCUT2D eigenvalue weighted by Crippen LogP contribution is 2.17. The zero-order chi connectivity index (χ0) is 12.4. The normalized spacial score (nSPS) is 23.7. The van der Waals surface area contributed by atoms with Crippen LogP contribution in [-0.4, -0.2) is 42.1 Å². The summed E-state index contributed by atoms with van der Waals surface area (Å²) in [6.45, 7) is 4.92. The predicted octanol–water partition coefficient (Wildman–Crippen LogP) is 1.00. The van der Waals surface area contributed by atoms with Crippen LogP contribution in [0.25, 0.3) is 0 Å². The Morgan fingerprint density at radius 2 is 2.33 bits per heavy atom. The summed E-state index contributed by atoms with van der Waals surface area (Å²) < 4.78 is 4.65. The van der Waals surface area contributed by atoms with E-state index < -0.39 is 0 Å². The quantitative estimate of drug-likeness (QED) is 0.806. The van der Waals surface area contributed by atoms with Crippen LogP contribution in [0.5, 0.6) is 0 Å². The standard InChI is InChI=1S/C12H19N3O2.ClH/c1-8-5-15(7-10(8)13)6-9-3-11(14-4-9)12(16)17-2;/h3-4,8,10,14H,5-7,13H2,1-2H3;1H. The summed E-state index contributed by atoms with van der Waals surface area (Å²) in [6, 6.07) is 2.09. The van der Waals surface area contributed by atoms with Gasteiger partial charge in [0.05, 0.1) is 7.11 Å². The summed E-state index contributed by atoms with van der Waals surface area (Å²) in [6.07, 6.45) is 1.85. The number of H-pyrrole nitrogens is 1. The largest absolute Gasteiger partial charge is 0.464 e. The van der Waals surface area contributed by atoms with Gasteiger partial charge in [0.2, 0.25) is 0 Å². The van der Waals surface area contributed by atoms with Gasteiger partial charge in [0, 0.05) is 31.9 Å². The first kappa shape index (κ1) is 15.0. The van der Waals surface area contributed by atoms with Gasteiger partial charge in [0.1, 0.15) is 5.69 Å². The van der Waals surface area contributed by atoms with E-state index in [0.29, 0.717) is 11.6 Å². The zero-order valence-electron chi connectivity index (χ0n) is 10.7. The molecular weight excluding hydrogens is 254 g/mol. The second kappa shape index (κ2) is 6.22. The Balaban J connectivity index is 0.00000162. The van der Waals surface area contributed by atoms with Crippen LogP contribution in [0.4, 0.5) is 0 Å². The fourth-order valence-electron chi connectivity index (χ4n) is 2.24. The molecule has 0 spiro atoms. The lowest BCUT2D eigenvalue weighted by Crippen LogP contribution is -2.28. The Morgan fingerprint density at radius 3 is 2.89 bits per heavy atom. The number of nitrogens with one attached hydrogen (secondary N) is 1. The van der Waals surface area contributed by atoms with Crippen molar-refractivity contribution in [1.29, 1.82) is 0 Å². The van der Waals surface area contributed by atoms with Crippen LogP contribution in [0.3, 0.4) is 0 Å². The van der Waals surface area contributed by atoms with Gasteiger partial charge in [0.25, 0.3) is 0 Å². The highest BCUT2D eigenvalue weighted by Gasteiger charge is 2.26.